The van der Waals surface area contributed by atoms with Gasteiger partial charge >= 0.3 is 0 Å². The largest absolute Gasteiger partial charge is 0.378 e. The molecule has 1 N–H and O–H groups in total. The molecular weight excluding hydrogens is 214 g/mol. The van der Waals surface area contributed by atoms with Crippen LogP contribution < -0.4 is 5.32 Å². The van der Waals surface area contributed by atoms with E-state index in [1.165, 1.54) is 5.69 Å². The third kappa shape index (κ3) is 3.07. The van der Waals surface area contributed by atoms with Gasteiger partial charge in [-0.1, -0.05) is 13.8 Å². The zero-order valence-corrected chi connectivity index (χ0v) is 11.0. The minimum atomic E-state index is 0.457. The summed E-state index contributed by atoms with van der Waals surface area (Å²) in [5.41, 5.74) is 1.28. The molecule has 1 aliphatic rings. The minimum Gasteiger partial charge on any atom is -0.378 e. The van der Waals surface area contributed by atoms with Crippen molar-refractivity contribution in [1.82, 2.24) is 14.9 Å². The fourth-order valence-electron chi connectivity index (χ4n) is 2.24. The van der Waals surface area contributed by atoms with Gasteiger partial charge in [-0.2, -0.15) is 0 Å². The van der Waals surface area contributed by atoms with Gasteiger partial charge in [0.05, 0.1) is 18.1 Å². The maximum absolute atomic E-state index is 5.59. The maximum atomic E-state index is 5.59. The summed E-state index contributed by atoms with van der Waals surface area (Å²) in [6, 6.07) is 1.09. The van der Waals surface area contributed by atoms with Gasteiger partial charge in [0.1, 0.15) is 0 Å². The van der Waals surface area contributed by atoms with Crippen molar-refractivity contribution in [2.75, 3.05) is 6.61 Å². The predicted octanol–water partition coefficient (Wildman–Crippen LogP) is 2.12. The minimum absolute atomic E-state index is 0.457. The Balaban J connectivity index is 1.87. The Bertz CT molecular complexity index is 342. The molecule has 17 heavy (non-hydrogen) atoms. The first-order chi connectivity index (χ1) is 8.20. The van der Waals surface area contributed by atoms with Gasteiger partial charge in [0.15, 0.2) is 0 Å². The number of imidazole rings is 1. The lowest BCUT2D eigenvalue weighted by atomic mass is 9.89. The van der Waals surface area contributed by atoms with Crippen molar-refractivity contribution in [3.63, 3.8) is 0 Å². The molecule has 2 rings (SSSR count). The Morgan fingerprint density at radius 2 is 2.29 bits per heavy atom. The van der Waals surface area contributed by atoms with Crippen LogP contribution in [0.5, 0.6) is 0 Å². The Morgan fingerprint density at radius 1 is 1.53 bits per heavy atom. The summed E-state index contributed by atoms with van der Waals surface area (Å²) in [6.07, 6.45) is 6.61. The van der Waals surface area contributed by atoms with Crippen LogP contribution >= 0.6 is 0 Å². The van der Waals surface area contributed by atoms with Crippen LogP contribution in [0.1, 0.15) is 45.3 Å². The number of nitrogens with one attached hydrogen (secondary N) is 1. The summed E-state index contributed by atoms with van der Waals surface area (Å²) < 4.78 is 7.89. The molecular formula is C13H23N3O. The number of ether oxygens (including phenoxy) is 1. The predicted molar refractivity (Wildman–Crippen MR) is 67.9 cm³/mol. The van der Waals surface area contributed by atoms with Gasteiger partial charge in [0, 0.05) is 31.4 Å². The number of rotatable bonds is 6. The number of nitrogens with zero attached hydrogens (tertiary/aromatic N) is 2. The van der Waals surface area contributed by atoms with Crippen LogP contribution in [0, 0.1) is 0 Å². The summed E-state index contributed by atoms with van der Waals surface area (Å²) >= 11 is 0. The zero-order valence-electron chi connectivity index (χ0n) is 11.0. The highest BCUT2D eigenvalue weighted by atomic mass is 16.5. The molecule has 96 valence electrons. The van der Waals surface area contributed by atoms with Crippen LogP contribution in [0.2, 0.25) is 0 Å². The molecule has 1 aromatic heterocycles. The fourth-order valence-corrected chi connectivity index (χ4v) is 2.24. The van der Waals surface area contributed by atoms with Gasteiger partial charge in [-0.3, -0.25) is 0 Å². The standard InChI is InChI=1S/C13H23N3O/c1-4-17-13-5-11(6-13)16-9-14-7-12(16)8-15-10(2)3/h7,9-11,13,15H,4-6,8H2,1-3H3. The molecule has 1 heterocycles. The van der Waals surface area contributed by atoms with Gasteiger partial charge in [-0.05, 0) is 19.8 Å². The summed E-state index contributed by atoms with van der Waals surface area (Å²) in [6.45, 7) is 8.10. The molecule has 1 aromatic rings. The van der Waals surface area contributed by atoms with Crippen LogP contribution in [0.25, 0.3) is 0 Å². The van der Waals surface area contributed by atoms with Gasteiger partial charge in [-0.25, -0.2) is 4.98 Å². The van der Waals surface area contributed by atoms with Crippen molar-refractivity contribution in [3.05, 3.63) is 18.2 Å². The van der Waals surface area contributed by atoms with E-state index in [1.54, 1.807) is 0 Å². The Hall–Kier alpha value is -0.870. The highest BCUT2D eigenvalue weighted by Gasteiger charge is 2.31. The Morgan fingerprint density at radius 3 is 2.94 bits per heavy atom. The van der Waals surface area contributed by atoms with E-state index in [0.29, 0.717) is 18.2 Å². The molecule has 0 radical (unpaired) electrons. The van der Waals surface area contributed by atoms with E-state index in [-0.39, 0.29) is 0 Å². The lowest BCUT2D eigenvalue weighted by Gasteiger charge is -2.36. The first-order valence-corrected chi connectivity index (χ1v) is 6.56. The van der Waals surface area contributed by atoms with Crippen molar-refractivity contribution < 1.29 is 4.74 Å². The smallest absolute Gasteiger partial charge is 0.0951 e. The Kier molecular flexibility index (Phi) is 4.18. The van der Waals surface area contributed by atoms with E-state index >= 15 is 0 Å². The normalized spacial score (nSPS) is 24.0. The van der Waals surface area contributed by atoms with E-state index in [9.17, 15) is 0 Å². The van der Waals surface area contributed by atoms with E-state index in [0.717, 1.165) is 26.0 Å². The third-order valence-corrected chi connectivity index (χ3v) is 3.30. The average molecular weight is 237 g/mol. The molecule has 0 aliphatic heterocycles. The molecule has 4 heteroatoms. The van der Waals surface area contributed by atoms with Gasteiger partial charge in [0.25, 0.3) is 0 Å². The maximum Gasteiger partial charge on any atom is 0.0951 e. The first kappa shape index (κ1) is 12.6. The average Bonchev–Trinajstić information content (AvgIpc) is 2.67. The second-order valence-corrected chi connectivity index (χ2v) is 5.03. The molecule has 1 fully saturated rings. The topological polar surface area (TPSA) is 39.1 Å². The third-order valence-electron chi connectivity index (χ3n) is 3.30. The van der Waals surface area contributed by atoms with Crippen LogP contribution in [0.3, 0.4) is 0 Å². The van der Waals surface area contributed by atoms with Crippen molar-refractivity contribution in [3.8, 4) is 0 Å². The van der Waals surface area contributed by atoms with Crippen LogP contribution in [-0.4, -0.2) is 28.3 Å². The molecule has 0 unspecified atom stereocenters. The molecule has 0 spiro atoms. The van der Waals surface area contributed by atoms with Gasteiger partial charge in [-0.15, -0.1) is 0 Å². The van der Waals surface area contributed by atoms with Crippen LogP contribution in [0.4, 0.5) is 0 Å². The van der Waals surface area contributed by atoms with Crippen molar-refractivity contribution in [2.24, 2.45) is 0 Å². The molecule has 1 saturated carbocycles. The van der Waals surface area contributed by atoms with E-state index in [4.69, 9.17) is 4.74 Å². The zero-order chi connectivity index (χ0) is 12.3. The number of hydrogen-bond donors (Lipinski definition) is 1. The fraction of sp³-hybridized carbons (Fsp3) is 0.769. The number of hydrogen-bond acceptors (Lipinski definition) is 3. The molecule has 0 bridgehead atoms. The quantitative estimate of drug-likeness (QED) is 0.823. The Labute approximate surface area is 103 Å². The molecule has 1 aliphatic carbocycles. The first-order valence-electron chi connectivity index (χ1n) is 6.56. The summed E-state index contributed by atoms with van der Waals surface area (Å²) in [5, 5.41) is 3.44. The molecule has 0 amide bonds. The van der Waals surface area contributed by atoms with E-state index in [2.05, 4.69) is 35.6 Å². The highest BCUT2D eigenvalue weighted by molar-refractivity contribution is 5.03. The monoisotopic (exact) mass is 237 g/mol. The van der Waals surface area contributed by atoms with Gasteiger partial charge in [0.2, 0.25) is 0 Å². The lowest BCUT2D eigenvalue weighted by Crippen LogP contribution is -2.34. The van der Waals surface area contributed by atoms with Crippen molar-refractivity contribution in [2.45, 2.75) is 58.3 Å². The SMILES string of the molecule is CCOC1CC(n2cncc2CNC(C)C)C1. The molecule has 0 saturated heterocycles. The number of aromatic nitrogens is 2. The van der Waals surface area contributed by atoms with Crippen LogP contribution in [0.15, 0.2) is 12.5 Å². The summed E-state index contributed by atoms with van der Waals surface area (Å²) in [7, 11) is 0. The van der Waals surface area contributed by atoms with E-state index in [1.807, 2.05) is 12.5 Å². The summed E-state index contributed by atoms with van der Waals surface area (Å²) in [5.74, 6) is 0. The molecule has 0 aromatic carbocycles. The van der Waals surface area contributed by atoms with Crippen molar-refractivity contribution in [1.29, 1.82) is 0 Å². The highest BCUT2D eigenvalue weighted by Crippen LogP contribution is 2.35. The van der Waals surface area contributed by atoms with E-state index < -0.39 is 0 Å². The van der Waals surface area contributed by atoms with Gasteiger partial charge < -0.3 is 14.6 Å². The second kappa shape index (κ2) is 5.65. The molecule has 4 nitrogen and oxygen atoms in total. The van der Waals surface area contributed by atoms with Crippen molar-refractivity contribution >= 4 is 0 Å². The summed E-state index contributed by atoms with van der Waals surface area (Å²) in [4.78, 5) is 4.26. The lowest BCUT2D eigenvalue weighted by molar-refractivity contribution is -0.0203. The second-order valence-electron chi connectivity index (χ2n) is 5.03. The van der Waals surface area contributed by atoms with Crippen LogP contribution in [-0.2, 0) is 11.3 Å². The molecule has 0 atom stereocenters.